The molecule has 0 unspecified atom stereocenters. The molecule has 12 heteroatoms. The number of pyridine rings is 2. The Bertz CT molecular complexity index is 2180. The van der Waals surface area contributed by atoms with E-state index in [1.807, 2.05) is 24.3 Å². The third-order valence-corrected chi connectivity index (χ3v) is 13.5. The first-order chi connectivity index (χ1) is 26.4. The average molecular weight is 782 g/mol. The Balaban J connectivity index is 0.912. The third-order valence-electron chi connectivity index (χ3n) is 12.7. The Morgan fingerprint density at radius 3 is 1.85 bits per heavy atom. The van der Waals surface area contributed by atoms with Gasteiger partial charge in [-0.05, 0) is 124 Å². The SMILES string of the molecule is CC(C)N1CCc2cc(C(=O)Nc3cccc(-c4cccc(NC(=O)c5cc6c(cn5)CN(CCC57CCC(C(=O)O)(CC5)C7)CC6)c4Cl)c3Cl)ncc2C1. The minimum atomic E-state index is -0.616. The number of amides is 2. The summed E-state index contributed by atoms with van der Waals surface area (Å²) < 4.78 is 0. The topological polar surface area (TPSA) is 128 Å². The highest BCUT2D eigenvalue weighted by Crippen LogP contribution is 2.63. The molecule has 10 nitrogen and oxygen atoms in total. The van der Waals surface area contributed by atoms with Crippen molar-refractivity contribution in [2.45, 2.75) is 84.3 Å². The molecule has 0 radical (unpaired) electrons. The van der Waals surface area contributed by atoms with Crippen molar-refractivity contribution in [1.29, 1.82) is 0 Å². The zero-order chi connectivity index (χ0) is 38.5. The Hall–Kier alpha value is -4.35. The summed E-state index contributed by atoms with van der Waals surface area (Å²) in [6, 6.07) is 14.9. The third kappa shape index (κ3) is 7.37. The predicted molar refractivity (Wildman–Crippen MR) is 215 cm³/mol. The highest BCUT2D eigenvalue weighted by Gasteiger charge is 2.57. The Morgan fingerprint density at radius 2 is 1.33 bits per heavy atom. The number of hydrogen-bond acceptors (Lipinski definition) is 7. The standard InChI is InChI=1S/C43H46Cl2N6O4/c1-26(2)51-17-10-28-20-36(47-22-30(28)24-51)40(53)49-34-8-4-6-32(38(34)45)31-5-3-7-33(37(31)44)48-39(52)35-19-27-9-16-50(23-29(27)21-46-35)18-15-42-11-13-43(25-42,14-12-42)41(54)55/h3-8,19-22,26H,9-18,23-25H2,1-2H3,(H,48,52)(H,49,53)(H,54,55). The van der Waals surface area contributed by atoms with Crippen molar-refractivity contribution in [3.63, 3.8) is 0 Å². The number of anilines is 2. The van der Waals surface area contributed by atoms with E-state index in [-0.39, 0.29) is 17.2 Å². The van der Waals surface area contributed by atoms with Crippen molar-refractivity contribution in [3.8, 4) is 11.1 Å². The summed E-state index contributed by atoms with van der Waals surface area (Å²) in [5.41, 5.74) is 6.86. The molecule has 2 aliphatic carbocycles. The molecule has 2 aromatic carbocycles. The van der Waals surface area contributed by atoms with Crippen molar-refractivity contribution < 1.29 is 19.5 Å². The van der Waals surface area contributed by atoms with Gasteiger partial charge in [-0.15, -0.1) is 0 Å². The van der Waals surface area contributed by atoms with E-state index < -0.39 is 11.4 Å². The van der Waals surface area contributed by atoms with E-state index in [0.29, 0.717) is 50.0 Å². The quantitative estimate of drug-likeness (QED) is 0.146. The predicted octanol–water partition coefficient (Wildman–Crippen LogP) is 8.50. The van der Waals surface area contributed by atoms with Crippen molar-refractivity contribution in [2.75, 3.05) is 30.3 Å². The lowest BCUT2D eigenvalue weighted by Gasteiger charge is -2.33. The summed E-state index contributed by atoms with van der Waals surface area (Å²) in [5, 5.41) is 16.3. The maximum absolute atomic E-state index is 13.5. The van der Waals surface area contributed by atoms with E-state index in [2.05, 4.69) is 44.2 Å². The van der Waals surface area contributed by atoms with Crippen LogP contribution in [0.3, 0.4) is 0 Å². The van der Waals surface area contributed by atoms with E-state index >= 15 is 0 Å². The van der Waals surface area contributed by atoms with Gasteiger partial charge in [0.15, 0.2) is 0 Å². The number of carboxylic acid groups (broad SMARTS) is 1. The molecule has 55 heavy (non-hydrogen) atoms. The van der Waals surface area contributed by atoms with Gasteiger partial charge in [0, 0.05) is 55.7 Å². The fourth-order valence-corrected chi connectivity index (χ4v) is 9.79. The molecule has 2 amide bonds. The molecule has 0 atom stereocenters. The Kier molecular flexibility index (Phi) is 10.2. The molecule has 2 saturated carbocycles. The normalized spacial score (nSPS) is 22.0. The highest BCUT2D eigenvalue weighted by atomic mass is 35.5. The summed E-state index contributed by atoms with van der Waals surface area (Å²) in [6.45, 7) is 8.71. The monoisotopic (exact) mass is 780 g/mol. The number of fused-ring (bicyclic) bond motifs is 4. The number of halogens is 2. The van der Waals surface area contributed by atoms with Crippen LogP contribution in [0.5, 0.6) is 0 Å². The molecule has 3 N–H and O–H groups in total. The zero-order valence-corrected chi connectivity index (χ0v) is 32.8. The smallest absolute Gasteiger partial charge is 0.309 e. The summed E-state index contributed by atoms with van der Waals surface area (Å²) >= 11 is 13.8. The molecule has 4 aliphatic rings. The molecule has 2 aromatic heterocycles. The van der Waals surface area contributed by atoms with Gasteiger partial charge in [-0.1, -0.05) is 47.5 Å². The summed E-state index contributed by atoms with van der Waals surface area (Å²) in [6.07, 6.45) is 10.8. The van der Waals surface area contributed by atoms with Crippen LogP contribution in [0.15, 0.2) is 60.9 Å². The van der Waals surface area contributed by atoms with Gasteiger partial charge in [0.05, 0.1) is 26.8 Å². The van der Waals surface area contributed by atoms with E-state index in [1.165, 1.54) is 0 Å². The number of carbonyl (C=O) groups is 3. The largest absolute Gasteiger partial charge is 0.481 e. The van der Waals surface area contributed by atoms with Gasteiger partial charge in [-0.25, -0.2) is 0 Å². The number of aliphatic carboxylic acids is 1. The van der Waals surface area contributed by atoms with Crippen molar-refractivity contribution in [3.05, 3.63) is 105 Å². The number of nitrogens with zero attached hydrogens (tertiary/aromatic N) is 4. The van der Waals surface area contributed by atoms with Gasteiger partial charge < -0.3 is 15.7 Å². The van der Waals surface area contributed by atoms with E-state index in [0.717, 1.165) is 106 Å². The fourth-order valence-electron chi connectivity index (χ4n) is 9.24. The molecule has 4 heterocycles. The first kappa shape index (κ1) is 37.6. The molecule has 0 spiro atoms. The number of carboxylic acids is 1. The second-order valence-electron chi connectivity index (χ2n) is 16.3. The molecule has 2 fully saturated rings. The fraction of sp³-hybridized carbons (Fsp3) is 0.419. The molecular weight excluding hydrogens is 735 g/mol. The number of nitrogens with one attached hydrogen (secondary N) is 2. The lowest BCUT2D eigenvalue weighted by Crippen LogP contribution is -2.36. The lowest BCUT2D eigenvalue weighted by atomic mass is 9.80. The number of benzene rings is 2. The number of hydrogen-bond donors (Lipinski definition) is 3. The van der Waals surface area contributed by atoms with Crippen LogP contribution in [0, 0.1) is 10.8 Å². The van der Waals surface area contributed by atoms with Crippen LogP contribution in [-0.2, 0) is 30.7 Å². The molecule has 0 saturated heterocycles. The van der Waals surface area contributed by atoms with Gasteiger partial charge in [-0.2, -0.15) is 0 Å². The minimum absolute atomic E-state index is 0.165. The van der Waals surface area contributed by atoms with Crippen LogP contribution >= 0.6 is 23.2 Å². The van der Waals surface area contributed by atoms with Gasteiger partial charge in [0.1, 0.15) is 11.4 Å². The van der Waals surface area contributed by atoms with Crippen LogP contribution < -0.4 is 10.6 Å². The first-order valence-electron chi connectivity index (χ1n) is 19.3. The average Bonchev–Trinajstić information content (AvgIpc) is 3.77. The van der Waals surface area contributed by atoms with Gasteiger partial charge in [0.2, 0.25) is 0 Å². The first-order valence-corrected chi connectivity index (χ1v) is 20.0. The summed E-state index contributed by atoms with van der Waals surface area (Å²) in [5.74, 6) is -1.33. The zero-order valence-electron chi connectivity index (χ0n) is 31.3. The maximum Gasteiger partial charge on any atom is 0.309 e. The maximum atomic E-state index is 13.5. The number of carbonyl (C=O) groups excluding carboxylic acids is 2. The molecule has 2 aliphatic heterocycles. The second-order valence-corrected chi connectivity index (χ2v) is 17.0. The Labute approximate surface area is 331 Å². The Morgan fingerprint density at radius 1 is 0.782 bits per heavy atom. The van der Waals surface area contributed by atoms with E-state index in [9.17, 15) is 19.5 Å². The van der Waals surface area contributed by atoms with Crippen molar-refractivity contribution >= 4 is 52.4 Å². The van der Waals surface area contributed by atoms with Crippen LogP contribution in [-0.4, -0.2) is 68.3 Å². The second kappa shape index (κ2) is 15.0. The van der Waals surface area contributed by atoms with Gasteiger partial charge >= 0.3 is 5.97 Å². The van der Waals surface area contributed by atoms with Crippen LogP contribution in [0.1, 0.15) is 95.6 Å². The van der Waals surface area contributed by atoms with Crippen LogP contribution in [0.2, 0.25) is 10.0 Å². The van der Waals surface area contributed by atoms with Gasteiger partial charge in [0.25, 0.3) is 11.8 Å². The van der Waals surface area contributed by atoms with Crippen molar-refractivity contribution in [1.82, 2.24) is 19.8 Å². The minimum Gasteiger partial charge on any atom is -0.481 e. The van der Waals surface area contributed by atoms with Gasteiger partial charge in [-0.3, -0.25) is 34.2 Å². The lowest BCUT2D eigenvalue weighted by molar-refractivity contribution is -0.148. The molecule has 286 valence electrons. The summed E-state index contributed by atoms with van der Waals surface area (Å²) in [7, 11) is 0. The molecular formula is C43H46Cl2N6O4. The van der Waals surface area contributed by atoms with Crippen molar-refractivity contribution in [2.24, 2.45) is 10.8 Å². The number of rotatable bonds is 10. The molecule has 2 bridgehead atoms. The van der Waals surface area contributed by atoms with Crippen LogP contribution in [0.25, 0.3) is 11.1 Å². The highest BCUT2D eigenvalue weighted by molar-refractivity contribution is 6.40. The summed E-state index contributed by atoms with van der Waals surface area (Å²) in [4.78, 5) is 52.6. The molecule has 4 aromatic rings. The molecule has 8 rings (SSSR count). The van der Waals surface area contributed by atoms with Crippen LogP contribution in [0.4, 0.5) is 11.4 Å². The van der Waals surface area contributed by atoms with E-state index in [1.54, 1.807) is 36.7 Å². The van der Waals surface area contributed by atoms with E-state index in [4.69, 9.17) is 23.2 Å². The number of aromatic nitrogens is 2.